The number of rotatable bonds is 4. The third kappa shape index (κ3) is 2.93. The number of pyridine rings is 1. The standard InChI is InChI=1S/C19H19N3O2/c1-3-15(14-9-5-4-6-10-14)18(23)21-17-13(2)20-16-11-7-8-12-22(16)19(17)24/h4-12,15H,3H2,1-2H3,(H,21,23)/t15-/m1/s1. The molecule has 1 N–H and O–H groups in total. The number of carbonyl (C=O) groups is 1. The van der Waals surface area contributed by atoms with Gasteiger partial charge in [0.1, 0.15) is 11.3 Å². The SMILES string of the molecule is CC[C@@H](C(=O)Nc1c(C)nc2ccccn2c1=O)c1ccccc1. The summed E-state index contributed by atoms with van der Waals surface area (Å²) in [6.45, 7) is 3.68. The minimum absolute atomic E-state index is 0.193. The van der Waals surface area contributed by atoms with Crippen LogP contribution in [0.15, 0.2) is 59.5 Å². The molecule has 0 unspecified atom stereocenters. The number of aryl methyl sites for hydroxylation is 1. The van der Waals surface area contributed by atoms with E-state index in [2.05, 4.69) is 10.3 Å². The summed E-state index contributed by atoms with van der Waals surface area (Å²) in [7, 11) is 0. The molecule has 1 amide bonds. The lowest BCUT2D eigenvalue weighted by molar-refractivity contribution is -0.117. The van der Waals surface area contributed by atoms with E-state index in [0.29, 0.717) is 17.8 Å². The maximum atomic E-state index is 12.7. The van der Waals surface area contributed by atoms with Gasteiger partial charge in [0, 0.05) is 6.20 Å². The molecule has 0 saturated heterocycles. The number of benzene rings is 1. The smallest absolute Gasteiger partial charge is 0.281 e. The third-order valence-corrected chi connectivity index (χ3v) is 4.09. The maximum absolute atomic E-state index is 12.7. The summed E-state index contributed by atoms with van der Waals surface area (Å²) in [6, 6.07) is 14.9. The van der Waals surface area contributed by atoms with Crippen LogP contribution in [0.3, 0.4) is 0 Å². The molecule has 24 heavy (non-hydrogen) atoms. The molecule has 2 heterocycles. The van der Waals surface area contributed by atoms with Crippen LogP contribution in [0.5, 0.6) is 0 Å². The lowest BCUT2D eigenvalue weighted by Crippen LogP contribution is -2.28. The zero-order valence-corrected chi connectivity index (χ0v) is 13.7. The van der Waals surface area contributed by atoms with Gasteiger partial charge >= 0.3 is 0 Å². The molecule has 3 rings (SSSR count). The van der Waals surface area contributed by atoms with Crippen molar-refractivity contribution in [3.05, 3.63) is 76.3 Å². The molecule has 0 spiro atoms. The fourth-order valence-corrected chi connectivity index (χ4v) is 2.81. The van der Waals surface area contributed by atoms with Crippen molar-refractivity contribution in [1.29, 1.82) is 0 Å². The van der Waals surface area contributed by atoms with Crippen LogP contribution < -0.4 is 10.9 Å². The second-order valence-electron chi connectivity index (χ2n) is 5.67. The minimum atomic E-state index is -0.304. The largest absolute Gasteiger partial charge is 0.319 e. The first-order valence-corrected chi connectivity index (χ1v) is 7.95. The molecule has 0 aliphatic carbocycles. The van der Waals surface area contributed by atoms with Gasteiger partial charge in [-0.25, -0.2) is 4.98 Å². The number of amides is 1. The Morgan fingerprint density at radius 2 is 1.88 bits per heavy atom. The van der Waals surface area contributed by atoms with Crippen molar-refractivity contribution in [3.8, 4) is 0 Å². The lowest BCUT2D eigenvalue weighted by Gasteiger charge is -2.16. The van der Waals surface area contributed by atoms with E-state index in [1.165, 1.54) is 4.40 Å². The molecule has 122 valence electrons. The van der Waals surface area contributed by atoms with Crippen molar-refractivity contribution in [2.45, 2.75) is 26.2 Å². The molecule has 0 aliphatic rings. The average molecular weight is 321 g/mol. The van der Waals surface area contributed by atoms with Crippen LogP contribution in [0.25, 0.3) is 5.65 Å². The molecule has 3 aromatic rings. The molecule has 1 aromatic carbocycles. The van der Waals surface area contributed by atoms with Gasteiger partial charge in [0.05, 0.1) is 11.6 Å². The van der Waals surface area contributed by atoms with Gasteiger partial charge in [-0.05, 0) is 31.0 Å². The molecular formula is C19H19N3O2. The Labute approximate surface area is 140 Å². The molecular weight excluding hydrogens is 302 g/mol. The zero-order chi connectivity index (χ0) is 17.1. The topological polar surface area (TPSA) is 63.5 Å². The minimum Gasteiger partial charge on any atom is -0.319 e. The summed E-state index contributed by atoms with van der Waals surface area (Å²) < 4.78 is 1.44. The van der Waals surface area contributed by atoms with Crippen LogP contribution in [0.4, 0.5) is 5.69 Å². The van der Waals surface area contributed by atoms with Crippen LogP contribution in [0, 0.1) is 6.92 Å². The Hall–Kier alpha value is -2.95. The van der Waals surface area contributed by atoms with Gasteiger partial charge < -0.3 is 5.32 Å². The number of hydrogen-bond donors (Lipinski definition) is 1. The molecule has 0 aliphatic heterocycles. The predicted octanol–water partition coefficient (Wildman–Crippen LogP) is 3.14. The van der Waals surface area contributed by atoms with E-state index in [1.54, 1.807) is 25.3 Å². The van der Waals surface area contributed by atoms with Gasteiger partial charge in [0.2, 0.25) is 5.91 Å². The van der Waals surface area contributed by atoms with Crippen LogP contribution >= 0.6 is 0 Å². The molecule has 0 fully saturated rings. The second kappa shape index (κ2) is 6.66. The molecule has 5 nitrogen and oxygen atoms in total. The van der Waals surface area contributed by atoms with Gasteiger partial charge in [0.25, 0.3) is 5.56 Å². The van der Waals surface area contributed by atoms with Gasteiger partial charge in [-0.1, -0.05) is 43.3 Å². The second-order valence-corrected chi connectivity index (χ2v) is 5.67. The number of nitrogens with zero attached hydrogens (tertiary/aromatic N) is 2. The predicted molar refractivity (Wildman–Crippen MR) is 94.3 cm³/mol. The van der Waals surface area contributed by atoms with Gasteiger partial charge in [0.15, 0.2) is 0 Å². The highest BCUT2D eigenvalue weighted by atomic mass is 16.2. The lowest BCUT2D eigenvalue weighted by atomic mass is 9.95. The fraction of sp³-hybridized carbons (Fsp3) is 0.211. The van der Waals surface area contributed by atoms with Crippen molar-refractivity contribution in [2.75, 3.05) is 5.32 Å². The van der Waals surface area contributed by atoms with E-state index in [0.717, 1.165) is 5.56 Å². The van der Waals surface area contributed by atoms with E-state index in [-0.39, 0.29) is 23.1 Å². The van der Waals surface area contributed by atoms with Crippen molar-refractivity contribution in [2.24, 2.45) is 0 Å². The van der Waals surface area contributed by atoms with E-state index in [9.17, 15) is 9.59 Å². The van der Waals surface area contributed by atoms with Crippen molar-refractivity contribution in [1.82, 2.24) is 9.38 Å². The summed E-state index contributed by atoms with van der Waals surface area (Å²) in [6.07, 6.45) is 2.30. The number of nitrogens with one attached hydrogen (secondary N) is 1. The first kappa shape index (κ1) is 15.9. The fourth-order valence-electron chi connectivity index (χ4n) is 2.81. The first-order chi connectivity index (χ1) is 11.6. The van der Waals surface area contributed by atoms with E-state index >= 15 is 0 Å². The number of aromatic nitrogens is 2. The summed E-state index contributed by atoms with van der Waals surface area (Å²) in [5, 5.41) is 2.79. The molecule has 1 atom stereocenters. The highest BCUT2D eigenvalue weighted by Crippen LogP contribution is 2.21. The van der Waals surface area contributed by atoms with Gasteiger partial charge in [-0.15, -0.1) is 0 Å². The Kier molecular flexibility index (Phi) is 4.42. The van der Waals surface area contributed by atoms with Crippen LogP contribution in [0.1, 0.15) is 30.5 Å². The summed E-state index contributed by atoms with van der Waals surface area (Å²) in [5.41, 5.74) is 1.98. The highest BCUT2D eigenvalue weighted by Gasteiger charge is 2.21. The first-order valence-electron chi connectivity index (χ1n) is 7.95. The Balaban J connectivity index is 1.97. The number of anilines is 1. The van der Waals surface area contributed by atoms with E-state index < -0.39 is 0 Å². The molecule has 0 saturated carbocycles. The normalized spacial score (nSPS) is 12.1. The summed E-state index contributed by atoms with van der Waals surface area (Å²) in [4.78, 5) is 29.7. The van der Waals surface area contributed by atoms with E-state index in [1.807, 2.05) is 43.3 Å². The molecule has 2 aromatic heterocycles. The van der Waals surface area contributed by atoms with Crippen molar-refractivity contribution >= 4 is 17.2 Å². The summed E-state index contributed by atoms with van der Waals surface area (Å²) >= 11 is 0. The monoisotopic (exact) mass is 321 g/mol. The Bertz CT molecular complexity index is 932. The van der Waals surface area contributed by atoms with Crippen LogP contribution in [0.2, 0.25) is 0 Å². The average Bonchev–Trinajstić information content (AvgIpc) is 2.60. The third-order valence-electron chi connectivity index (χ3n) is 4.09. The van der Waals surface area contributed by atoms with E-state index in [4.69, 9.17) is 0 Å². The maximum Gasteiger partial charge on any atom is 0.281 e. The quantitative estimate of drug-likeness (QED) is 0.803. The molecule has 0 radical (unpaired) electrons. The van der Waals surface area contributed by atoms with Crippen LogP contribution in [-0.2, 0) is 4.79 Å². The number of carbonyl (C=O) groups excluding carboxylic acids is 1. The Morgan fingerprint density at radius 1 is 1.17 bits per heavy atom. The van der Waals surface area contributed by atoms with Crippen LogP contribution in [-0.4, -0.2) is 15.3 Å². The highest BCUT2D eigenvalue weighted by molar-refractivity contribution is 5.96. The summed E-state index contributed by atoms with van der Waals surface area (Å²) in [5.74, 6) is -0.497. The number of fused-ring (bicyclic) bond motifs is 1. The van der Waals surface area contributed by atoms with Crippen molar-refractivity contribution < 1.29 is 4.79 Å². The van der Waals surface area contributed by atoms with Gasteiger partial charge in [-0.2, -0.15) is 0 Å². The Morgan fingerprint density at radius 3 is 2.58 bits per heavy atom. The molecule has 5 heteroatoms. The van der Waals surface area contributed by atoms with Gasteiger partial charge in [-0.3, -0.25) is 14.0 Å². The number of hydrogen-bond acceptors (Lipinski definition) is 3. The van der Waals surface area contributed by atoms with Crippen molar-refractivity contribution in [3.63, 3.8) is 0 Å². The molecule has 0 bridgehead atoms. The zero-order valence-electron chi connectivity index (χ0n) is 13.7.